The molecule has 1 fully saturated rings. The molecule has 1 aromatic rings. The summed E-state index contributed by atoms with van der Waals surface area (Å²) in [6, 6.07) is 6.23. The number of carbonyl (C=O) groups is 1. The van der Waals surface area contributed by atoms with Gasteiger partial charge in [-0.05, 0) is 45.7 Å². The van der Waals surface area contributed by atoms with Gasteiger partial charge >= 0.3 is 16.1 Å². The van der Waals surface area contributed by atoms with Crippen LogP contribution in [0.25, 0.3) is 0 Å². The van der Waals surface area contributed by atoms with Crippen molar-refractivity contribution in [2.45, 2.75) is 76.1 Å². The van der Waals surface area contributed by atoms with Crippen LogP contribution in [-0.4, -0.2) is 37.2 Å². The average Bonchev–Trinajstić information content (AvgIpc) is 2.53. The van der Waals surface area contributed by atoms with E-state index in [1.165, 1.54) is 19.1 Å². The number of benzene rings is 1. The van der Waals surface area contributed by atoms with Crippen LogP contribution in [0.1, 0.15) is 52.0 Å². The summed E-state index contributed by atoms with van der Waals surface area (Å²) in [5.41, 5.74) is -0.471. The number of hydrogen-bond donors (Lipinski definition) is 1. The summed E-state index contributed by atoms with van der Waals surface area (Å²) >= 11 is 0. The molecule has 1 saturated heterocycles. The second-order valence-electron chi connectivity index (χ2n) is 6.74. The number of carbonyl (C=O) groups excluding carboxylic acids is 1. The maximum Gasteiger partial charge on any atom is 0.302 e. The summed E-state index contributed by atoms with van der Waals surface area (Å²) in [6.07, 6.45) is 0.0772. The maximum absolute atomic E-state index is 12.5. The Morgan fingerprint density at radius 2 is 1.88 bits per heavy atom. The summed E-state index contributed by atoms with van der Waals surface area (Å²) in [6.45, 7) is 6.65. The van der Waals surface area contributed by atoms with Crippen LogP contribution in [0.15, 0.2) is 29.2 Å². The van der Waals surface area contributed by atoms with Gasteiger partial charge in [0.1, 0.15) is 5.60 Å². The molecule has 0 aliphatic carbocycles. The molecule has 1 unspecified atom stereocenters. The molecule has 0 saturated carbocycles. The van der Waals surface area contributed by atoms with Gasteiger partial charge in [0.15, 0.2) is 12.1 Å². The fourth-order valence-corrected chi connectivity index (χ4v) is 3.63. The van der Waals surface area contributed by atoms with Gasteiger partial charge in [-0.1, -0.05) is 24.6 Å². The van der Waals surface area contributed by atoms with Crippen molar-refractivity contribution in [3.63, 3.8) is 0 Å². The number of ketones is 1. The molecule has 8 heteroatoms. The fraction of sp³-hybridized carbons (Fsp3) is 0.611. The molecule has 1 N–H and O–H groups in total. The van der Waals surface area contributed by atoms with Crippen molar-refractivity contribution in [3.8, 4) is 0 Å². The third kappa shape index (κ3) is 4.89. The Bertz CT molecular complexity index is 731. The molecule has 7 nitrogen and oxygen atoms in total. The van der Waals surface area contributed by atoms with Crippen LogP contribution < -0.4 is 0 Å². The molecule has 0 aromatic heterocycles. The third-order valence-electron chi connectivity index (χ3n) is 4.41. The highest BCUT2D eigenvalue weighted by molar-refractivity contribution is 7.86. The molecule has 1 atom stereocenters. The lowest BCUT2D eigenvalue weighted by molar-refractivity contribution is -0.515. The predicted octanol–water partition coefficient (Wildman–Crippen LogP) is 2.65. The lowest BCUT2D eigenvalue weighted by Crippen LogP contribution is -2.55. The SMILES string of the molecule is CCC(C)(O)C(=O)CCCC1(OS(=O)(=O)c2ccc(C)cc2)OC(C)O1. The zero-order chi connectivity index (χ0) is 19.6. The van der Waals surface area contributed by atoms with Gasteiger partial charge in [-0.15, -0.1) is 0 Å². The number of hydrogen-bond acceptors (Lipinski definition) is 7. The molecule has 0 spiro atoms. The van der Waals surface area contributed by atoms with E-state index in [2.05, 4.69) is 0 Å². The van der Waals surface area contributed by atoms with Gasteiger partial charge in [-0.25, -0.2) is 4.18 Å². The smallest absolute Gasteiger partial charge is 0.302 e. The molecule has 0 bridgehead atoms. The molecule has 0 radical (unpaired) electrons. The van der Waals surface area contributed by atoms with Gasteiger partial charge in [0, 0.05) is 12.8 Å². The molecular weight excluding hydrogens is 360 g/mol. The molecule has 1 aliphatic heterocycles. The first-order chi connectivity index (χ1) is 12.0. The van der Waals surface area contributed by atoms with Crippen molar-refractivity contribution < 1.29 is 32.0 Å². The number of rotatable bonds is 9. The van der Waals surface area contributed by atoms with Gasteiger partial charge in [-0.3, -0.25) is 14.3 Å². The van der Waals surface area contributed by atoms with Gasteiger partial charge in [0.2, 0.25) is 0 Å². The Morgan fingerprint density at radius 3 is 2.38 bits per heavy atom. The summed E-state index contributed by atoms with van der Waals surface area (Å²) < 4.78 is 41.0. The van der Waals surface area contributed by atoms with E-state index in [1.54, 1.807) is 26.0 Å². The van der Waals surface area contributed by atoms with Crippen LogP contribution >= 0.6 is 0 Å². The highest BCUT2D eigenvalue weighted by Gasteiger charge is 2.50. The van der Waals surface area contributed by atoms with E-state index >= 15 is 0 Å². The van der Waals surface area contributed by atoms with Crippen LogP contribution in [0, 0.1) is 6.92 Å². The summed E-state index contributed by atoms with van der Waals surface area (Å²) in [7, 11) is -4.09. The first-order valence-corrected chi connectivity index (χ1v) is 10.0. The third-order valence-corrected chi connectivity index (χ3v) is 5.74. The Kier molecular flexibility index (Phi) is 6.24. The van der Waals surface area contributed by atoms with E-state index in [1.807, 2.05) is 6.92 Å². The van der Waals surface area contributed by atoms with Crippen LogP contribution in [0.4, 0.5) is 0 Å². The number of ether oxygens (including phenoxy) is 2. The second-order valence-corrected chi connectivity index (χ2v) is 8.29. The second kappa shape index (κ2) is 7.74. The van der Waals surface area contributed by atoms with Gasteiger partial charge in [-0.2, -0.15) is 8.42 Å². The number of Topliss-reactive ketones (excluding diaryl/α,β-unsaturated/α-hetero) is 1. The molecule has 2 rings (SSSR count). The standard InChI is InChI=1S/C18H26O7S/c1-5-17(4,20)16(19)7-6-12-18(23-14(3)24-18)25-26(21,22)15-10-8-13(2)9-11-15/h8-11,14,20H,5-7,12H2,1-4H3. The van der Waals surface area contributed by atoms with E-state index < -0.39 is 28.0 Å². The topological polar surface area (TPSA) is 99.1 Å². The largest absolute Gasteiger partial charge is 0.382 e. The zero-order valence-corrected chi connectivity index (χ0v) is 16.3. The highest BCUT2D eigenvalue weighted by Crippen LogP contribution is 2.38. The first kappa shape index (κ1) is 21.0. The monoisotopic (exact) mass is 386 g/mol. The average molecular weight is 386 g/mol. The molecule has 26 heavy (non-hydrogen) atoms. The van der Waals surface area contributed by atoms with Crippen LogP contribution in [-0.2, 0) is 28.6 Å². The Balaban J connectivity index is 2.03. The molecule has 1 heterocycles. The summed E-state index contributed by atoms with van der Waals surface area (Å²) in [5, 5.41) is 9.95. The van der Waals surface area contributed by atoms with E-state index in [-0.39, 0.29) is 29.9 Å². The van der Waals surface area contributed by atoms with Crippen LogP contribution in [0.5, 0.6) is 0 Å². The Labute approximate surface area is 154 Å². The minimum absolute atomic E-state index is 0.000722. The number of aryl methyl sites for hydroxylation is 1. The van der Waals surface area contributed by atoms with E-state index in [0.717, 1.165) is 5.56 Å². The molecule has 1 aliphatic rings. The van der Waals surface area contributed by atoms with Crippen molar-refractivity contribution in [2.24, 2.45) is 0 Å². The van der Waals surface area contributed by atoms with Crippen LogP contribution in [0.3, 0.4) is 0 Å². The minimum atomic E-state index is -4.09. The van der Waals surface area contributed by atoms with Crippen molar-refractivity contribution >= 4 is 15.9 Å². The molecule has 146 valence electrons. The van der Waals surface area contributed by atoms with Crippen LogP contribution in [0.2, 0.25) is 0 Å². The highest BCUT2D eigenvalue weighted by atomic mass is 32.2. The maximum atomic E-state index is 12.5. The summed E-state index contributed by atoms with van der Waals surface area (Å²) in [5.74, 6) is -2.05. The molecule has 1 aromatic carbocycles. The predicted molar refractivity (Wildman–Crippen MR) is 93.6 cm³/mol. The van der Waals surface area contributed by atoms with Crippen molar-refractivity contribution in [2.75, 3.05) is 0 Å². The van der Waals surface area contributed by atoms with Gasteiger partial charge < -0.3 is 5.11 Å². The molecule has 0 amide bonds. The normalized spacial score (nSPS) is 25.3. The van der Waals surface area contributed by atoms with Crippen molar-refractivity contribution in [1.29, 1.82) is 0 Å². The number of aliphatic hydroxyl groups is 1. The first-order valence-electron chi connectivity index (χ1n) is 8.63. The Hall–Kier alpha value is -1.32. The quantitative estimate of drug-likeness (QED) is 0.651. The van der Waals surface area contributed by atoms with E-state index in [0.29, 0.717) is 6.42 Å². The van der Waals surface area contributed by atoms with Crippen molar-refractivity contribution in [3.05, 3.63) is 29.8 Å². The lowest BCUT2D eigenvalue weighted by Gasteiger charge is -2.44. The van der Waals surface area contributed by atoms with Crippen molar-refractivity contribution in [1.82, 2.24) is 0 Å². The Morgan fingerprint density at radius 1 is 1.31 bits per heavy atom. The molecular formula is C18H26O7S. The zero-order valence-electron chi connectivity index (χ0n) is 15.5. The van der Waals surface area contributed by atoms with E-state index in [9.17, 15) is 18.3 Å². The van der Waals surface area contributed by atoms with Gasteiger partial charge in [0.05, 0.1) is 4.90 Å². The van der Waals surface area contributed by atoms with E-state index in [4.69, 9.17) is 13.7 Å². The van der Waals surface area contributed by atoms with Gasteiger partial charge in [0.25, 0.3) is 0 Å². The minimum Gasteiger partial charge on any atom is -0.382 e. The fourth-order valence-electron chi connectivity index (χ4n) is 2.57. The lowest BCUT2D eigenvalue weighted by atomic mass is 9.94. The summed E-state index contributed by atoms with van der Waals surface area (Å²) in [4.78, 5) is 12.0.